The van der Waals surface area contributed by atoms with Gasteiger partial charge in [0.05, 0.1) is 17.1 Å². The van der Waals surface area contributed by atoms with E-state index in [4.69, 9.17) is 0 Å². The maximum Gasteiger partial charge on any atom is 0.265 e. The smallest absolute Gasteiger partial charge is 0.265 e. The summed E-state index contributed by atoms with van der Waals surface area (Å²) >= 11 is 1.39. The molecule has 0 bridgehead atoms. The average Bonchev–Trinajstić information content (AvgIpc) is 2.83. The molecule has 1 N–H and O–H groups in total. The van der Waals surface area contributed by atoms with Crippen molar-refractivity contribution in [2.75, 3.05) is 4.90 Å². The van der Waals surface area contributed by atoms with E-state index < -0.39 is 0 Å². The van der Waals surface area contributed by atoms with Crippen LogP contribution in [0.15, 0.2) is 82.6 Å². The summed E-state index contributed by atoms with van der Waals surface area (Å²) in [5, 5.41) is 2.97. The molecule has 2 amide bonds. The fourth-order valence-electron chi connectivity index (χ4n) is 3.49. The van der Waals surface area contributed by atoms with Gasteiger partial charge in [0, 0.05) is 16.5 Å². The third kappa shape index (κ3) is 5.34. The lowest BCUT2D eigenvalue weighted by atomic mass is 10.1. The first-order valence-electron chi connectivity index (χ1n) is 10.9. The Labute approximate surface area is 197 Å². The van der Waals surface area contributed by atoms with E-state index >= 15 is 0 Å². The van der Waals surface area contributed by atoms with E-state index in [1.165, 1.54) is 23.9 Å². The van der Waals surface area contributed by atoms with Crippen LogP contribution in [0.1, 0.15) is 41.8 Å². The van der Waals surface area contributed by atoms with Crippen LogP contribution in [0.4, 0.5) is 10.1 Å². The number of thioether (sulfide) groups is 1. The number of halogens is 1. The molecule has 1 aliphatic heterocycles. The van der Waals surface area contributed by atoms with Gasteiger partial charge in [-0.15, -0.1) is 0 Å². The Balaban J connectivity index is 1.73. The highest BCUT2D eigenvalue weighted by molar-refractivity contribution is 8.04. The molecule has 4 nitrogen and oxygen atoms in total. The van der Waals surface area contributed by atoms with E-state index in [0.717, 1.165) is 22.4 Å². The Hall–Kier alpha value is -3.38. The summed E-state index contributed by atoms with van der Waals surface area (Å²) in [4.78, 5) is 29.4. The molecule has 168 valence electrons. The number of carbonyl (C=O) groups is 2. The van der Waals surface area contributed by atoms with Crippen molar-refractivity contribution in [1.29, 1.82) is 0 Å². The third-order valence-electron chi connectivity index (χ3n) is 5.53. The van der Waals surface area contributed by atoms with Gasteiger partial charge in [-0.05, 0) is 60.9 Å². The molecule has 33 heavy (non-hydrogen) atoms. The second kappa shape index (κ2) is 10.0. The standard InChI is InChI=1S/C27H25FN2O2S/c1-3-18(2)29-26(31)21-11-14-24-23(16-21)30(17-20-9-12-22(28)13-10-20)27(32)25(33-24)15-19-7-5-4-6-8-19/h4-16,18H,3,17H2,1-2H3,(H,29,31)/b25-15-/t18-/m0/s1. The molecule has 0 spiro atoms. The van der Waals surface area contributed by atoms with Crippen LogP contribution in [0, 0.1) is 5.82 Å². The highest BCUT2D eigenvalue weighted by atomic mass is 32.2. The van der Waals surface area contributed by atoms with Crippen LogP contribution >= 0.6 is 11.8 Å². The minimum atomic E-state index is -0.326. The molecular weight excluding hydrogens is 435 g/mol. The zero-order valence-corrected chi connectivity index (χ0v) is 19.4. The zero-order valence-electron chi connectivity index (χ0n) is 18.5. The summed E-state index contributed by atoms with van der Waals surface area (Å²) in [5.74, 6) is -0.648. The summed E-state index contributed by atoms with van der Waals surface area (Å²) in [6.07, 6.45) is 2.70. The molecule has 0 saturated carbocycles. The number of nitrogens with zero attached hydrogens (tertiary/aromatic N) is 1. The van der Waals surface area contributed by atoms with E-state index in [2.05, 4.69) is 5.32 Å². The molecule has 1 atom stereocenters. The highest BCUT2D eigenvalue weighted by Gasteiger charge is 2.30. The molecule has 0 fully saturated rings. The lowest BCUT2D eigenvalue weighted by Crippen LogP contribution is -2.35. The number of hydrogen-bond donors (Lipinski definition) is 1. The van der Waals surface area contributed by atoms with Gasteiger partial charge in [0.1, 0.15) is 5.82 Å². The van der Waals surface area contributed by atoms with Gasteiger partial charge >= 0.3 is 0 Å². The average molecular weight is 461 g/mol. The Kier molecular flexibility index (Phi) is 6.94. The predicted octanol–water partition coefficient (Wildman–Crippen LogP) is 6.03. The van der Waals surface area contributed by atoms with E-state index in [1.807, 2.05) is 56.3 Å². The summed E-state index contributed by atoms with van der Waals surface area (Å²) in [5.41, 5.74) is 2.91. The van der Waals surface area contributed by atoms with Gasteiger partial charge in [-0.3, -0.25) is 9.59 Å². The molecule has 6 heteroatoms. The van der Waals surface area contributed by atoms with Crippen molar-refractivity contribution in [3.63, 3.8) is 0 Å². The van der Waals surface area contributed by atoms with Gasteiger partial charge in [-0.25, -0.2) is 4.39 Å². The number of amides is 2. The van der Waals surface area contributed by atoms with E-state index in [9.17, 15) is 14.0 Å². The Morgan fingerprint density at radius 2 is 1.82 bits per heavy atom. The highest BCUT2D eigenvalue weighted by Crippen LogP contribution is 2.43. The van der Waals surface area contributed by atoms with Crippen molar-refractivity contribution in [2.24, 2.45) is 0 Å². The molecular formula is C27H25FN2O2S. The number of hydrogen-bond acceptors (Lipinski definition) is 3. The molecule has 3 aromatic rings. The summed E-state index contributed by atoms with van der Waals surface area (Å²) in [7, 11) is 0. The molecule has 0 saturated heterocycles. The maximum absolute atomic E-state index is 13.5. The van der Waals surface area contributed by atoms with Crippen molar-refractivity contribution in [3.8, 4) is 0 Å². The first-order valence-corrected chi connectivity index (χ1v) is 11.7. The monoisotopic (exact) mass is 460 g/mol. The second-order valence-corrected chi connectivity index (χ2v) is 9.09. The first kappa shape index (κ1) is 22.8. The van der Waals surface area contributed by atoms with E-state index in [1.54, 1.807) is 29.2 Å². The lowest BCUT2D eigenvalue weighted by Gasteiger charge is -2.31. The summed E-state index contributed by atoms with van der Waals surface area (Å²) < 4.78 is 13.4. The van der Waals surface area contributed by atoms with Crippen molar-refractivity contribution in [3.05, 3.63) is 100 Å². The topological polar surface area (TPSA) is 49.4 Å². The van der Waals surface area contributed by atoms with Crippen LogP contribution in [0.25, 0.3) is 6.08 Å². The SMILES string of the molecule is CC[C@H](C)NC(=O)c1ccc2c(c1)N(Cc1ccc(F)cc1)C(=O)/C(=C/c1ccccc1)S2. The molecule has 3 aromatic carbocycles. The van der Waals surface area contributed by atoms with Gasteiger partial charge in [-0.1, -0.05) is 61.2 Å². The Bertz CT molecular complexity index is 1190. The van der Waals surface area contributed by atoms with Crippen LogP contribution in [0.3, 0.4) is 0 Å². The van der Waals surface area contributed by atoms with Gasteiger partial charge in [0.15, 0.2) is 0 Å². The Morgan fingerprint density at radius 1 is 1.09 bits per heavy atom. The van der Waals surface area contributed by atoms with Crippen molar-refractivity contribution < 1.29 is 14.0 Å². The van der Waals surface area contributed by atoms with Crippen LogP contribution in [0.5, 0.6) is 0 Å². The Morgan fingerprint density at radius 3 is 2.52 bits per heavy atom. The van der Waals surface area contributed by atoms with Crippen molar-refractivity contribution >= 4 is 35.3 Å². The molecule has 1 heterocycles. The summed E-state index contributed by atoms with van der Waals surface area (Å²) in [6.45, 7) is 4.24. The minimum absolute atomic E-state index is 0.0558. The van der Waals surface area contributed by atoms with Gasteiger partial charge in [-0.2, -0.15) is 0 Å². The number of carbonyl (C=O) groups excluding carboxylic acids is 2. The van der Waals surface area contributed by atoms with Crippen LogP contribution in [-0.4, -0.2) is 17.9 Å². The fourth-order valence-corrected chi connectivity index (χ4v) is 4.53. The molecule has 0 aromatic heterocycles. The number of rotatable bonds is 6. The number of nitrogens with one attached hydrogen (secondary N) is 1. The van der Waals surface area contributed by atoms with Gasteiger partial charge < -0.3 is 10.2 Å². The van der Waals surface area contributed by atoms with Crippen molar-refractivity contribution in [1.82, 2.24) is 5.32 Å². The van der Waals surface area contributed by atoms with E-state index in [0.29, 0.717) is 16.2 Å². The number of anilines is 1. The zero-order chi connectivity index (χ0) is 23.4. The van der Waals surface area contributed by atoms with E-state index in [-0.39, 0.29) is 30.2 Å². The van der Waals surface area contributed by atoms with Gasteiger partial charge in [0.25, 0.3) is 11.8 Å². The normalized spacial score (nSPS) is 15.3. The number of fused-ring (bicyclic) bond motifs is 1. The van der Waals surface area contributed by atoms with Crippen LogP contribution < -0.4 is 10.2 Å². The third-order valence-corrected chi connectivity index (χ3v) is 6.61. The van der Waals surface area contributed by atoms with Crippen molar-refractivity contribution in [2.45, 2.75) is 37.8 Å². The maximum atomic E-state index is 13.5. The second-order valence-electron chi connectivity index (χ2n) is 8.00. The van der Waals surface area contributed by atoms with Crippen LogP contribution in [-0.2, 0) is 11.3 Å². The van der Waals surface area contributed by atoms with Gasteiger partial charge in [0.2, 0.25) is 0 Å². The predicted molar refractivity (Wildman–Crippen MR) is 132 cm³/mol. The molecule has 0 radical (unpaired) electrons. The fraction of sp³-hybridized carbons (Fsp3) is 0.185. The molecule has 4 rings (SSSR count). The summed E-state index contributed by atoms with van der Waals surface area (Å²) in [6, 6.07) is 21.3. The lowest BCUT2D eigenvalue weighted by molar-refractivity contribution is -0.114. The van der Waals surface area contributed by atoms with Crippen LogP contribution in [0.2, 0.25) is 0 Å². The molecule has 0 unspecified atom stereocenters. The number of benzene rings is 3. The molecule has 0 aliphatic carbocycles. The minimum Gasteiger partial charge on any atom is -0.350 e. The quantitative estimate of drug-likeness (QED) is 0.457. The largest absolute Gasteiger partial charge is 0.350 e. The first-order chi connectivity index (χ1) is 15.9. The molecule has 1 aliphatic rings.